The van der Waals surface area contributed by atoms with E-state index in [4.69, 9.17) is 0 Å². The second kappa shape index (κ2) is 14.7. The van der Waals surface area contributed by atoms with Gasteiger partial charge in [0.25, 0.3) is 0 Å². The maximum absolute atomic E-state index is 3.90. The van der Waals surface area contributed by atoms with Gasteiger partial charge < -0.3 is 9.80 Å². The van der Waals surface area contributed by atoms with E-state index >= 15 is 0 Å². The lowest BCUT2D eigenvalue weighted by Crippen LogP contribution is -2.24. The Labute approximate surface area is 263 Å². The van der Waals surface area contributed by atoms with Crippen molar-refractivity contribution in [3.05, 3.63) is 192 Å². The van der Waals surface area contributed by atoms with Crippen molar-refractivity contribution in [3.8, 4) is 0 Å². The van der Waals surface area contributed by atoms with E-state index in [1.54, 1.807) is 0 Å². The Morgan fingerprint density at radius 2 is 0.523 bits per heavy atom. The molecule has 5 aromatic carbocycles. The topological polar surface area (TPSA) is 6.48 Å². The molecule has 0 aliphatic rings. The molecular formula is C42H40N2. The Bertz CT molecular complexity index is 1440. The Morgan fingerprint density at radius 1 is 0.318 bits per heavy atom. The van der Waals surface area contributed by atoms with Gasteiger partial charge in [0.15, 0.2) is 0 Å². The maximum atomic E-state index is 3.90. The molecule has 0 N–H and O–H groups in total. The van der Waals surface area contributed by atoms with E-state index in [0.717, 1.165) is 48.4 Å². The third kappa shape index (κ3) is 7.93. The van der Waals surface area contributed by atoms with E-state index in [0.29, 0.717) is 0 Å². The molecule has 0 aliphatic carbocycles. The predicted molar refractivity (Wildman–Crippen MR) is 192 cm³/mol. The third-order valence-electron chi connectivity index (χ3n) is 7.94. The molecule has 0 saturated carbocycles. The summed E-state index contributed by atoms with van der Waals surface area (Å²) in [7, 11) is 0. The molecule has 0 radical (unpaired) electrons. The first-order valence-electron chi connectivity index (χ1n) is 15.0. The highest BCUT2D eigenvalue weighted by Gasteiger charge is 2.13. The number of benzene rings is 5. The number of hydrogen-bond acceptors (Lipinski definition) is 2. The summed E-state index contributed by atoms with van der Waals surface area (Å²) >= 11 is 0. The van der Waals surface area contributed by atoms with Gasteiger partial charge >= 0.3 is 0 Å². The zero-order valence-corrected chi connectivity index (χ0v) is 25.4. The van der Waals surface area contributed by atoms with E-state index in [9.17, 15) is 0 Å². The molecule has 2 heteroatoms. The fourth-order valence-electron chi connectivity index (χ4n) is 5.27. The summed E-state index contributed by atoms with van der Waals surface area (Å²) in [5.41, 5.74) is 11.9. The second-order valence-corrected chi connectivity index (χ2v) is 11.0. The Hall–Kier alpha value is -5.34. The molecule has 0 aromatic heterocycles. The van der Waals surface area contributed by atoms with Gasteiger partial charge in [-0.25, -0.2) is 0 Å². The highest BCUT2D eigenvalue weighted by molar-refractivity contribution is 5.59. The van der Waals surface area contributed by atoms with Crippen LogP contribution in [0.15, 0.2) is 148 Å². The van der Waals surface area contributed by atoms with Crippen molar-refractivity contribution in [2.24, 2.45) is 0 Å². The van der Waals surface area contributed by atoms with Crippen molar-refractivity contribution in [1.82, 2.24) is 0 Å². The summed E-state index contributed by atoms with van der Waals surface area (Å²) in [6, 6.07) is 43.6. The fraction of sp³-hybridized carbons (Fsp3) is 0.0952. The largest absolute Gasteiger partial charge is 0.363 e. The summed E-state index contributed by atoms with van der Waals surface area (Å²) in [6.45, 7) is 18.8. The molecule has 218 valence electrons. The van der Waals surface area contributed by atoms with Crippen LogP contribution in [0.1, 0.15) is 44.5 Å². The molecule has 44 heavy (non-hydrogen) atoms. The number of anilines is 2. The van der Waals surface area contributed by atoms with Crippen LogP contribution in [-0.4, -0.2) is 0 Å². The molecule has 0 unspecified atom stereocenters. The first-order chi connectivity index (χ1) is 21.6. The highest BCUT2D eigenvalue weighted by Crippen LogP contribution is 2.27. The summed E-state index contributed by atoms with van der Waals surface area (Å²) in [5.74, 6) is 0. The molecular weight excluding hydrogens is 532 g/mol. The zero-order chi connectivity index (χ0) is 30.7. The van der Waals surface area contributed by atoms with E-state index in [1.165, 1.54) is 33.6 Å². The molecule has 2 nitrogen and oxygen atoms in total. The van der Waals surface area contributed by atoms with Crippen LogP contribution in [0, 0.1) is 0 Å². The SMILES string of the molecule is C=Cc1ccc(CN(Cc2ccc(C=C)cc2)c2ccc(N(Cc3ccc(C=C)cc3)Cc3ccc(C=C)cc3)cc2)cc1. The molecule has 5 aromatic rings. The van der Waals surface area contributed by atoms with Crippen LogP contribution >= 0.6 is 0 Å². The van der Waals surface area contributed by atoms with Crippen LogP contribution < -0.4 is 9.80 Å². The average Bonchev–Trinajstić information content (AvgIpc) is 3.09. The molecule has 0 saturated heterocycles. The Balaban J connectivity index is 1.43. The van der Waals surface area contributed by atoms with Crippen LogP contribution in [-0.2, 0) is 26.2 Å². The van der Waals surface area contributed by atoms with Crippen molar-refractivity contribution in [3.63, 3.8) is 0 Å². The first kappa shape index (κ1) is 30.1. The van der Waals surface area contributed by atoms with Gasteiger partial charge in [0.05, 0.1) is 0 Å². The average molecular weight is 573 g/mol. The molecule has 0 bridgehead atoms. The van der Waals surface area contributed by atoms with Crippen molar-refractivity contribution in [1.29, 1.82) is 0 Å². The maximum Gasteiger partial charge on any atom is 0.0433 e. The molecule has 0 aliphatic heterocycles. The van der Waals surface area contributed by atoms with Gasteiger partial charge in [-0.2, -0.15) is 0 Å². The van der Waals surface area contributed by atoms with E-state index in [-0.39, 0.29) is 0 Å². The van der Waals surface area contributed by atoms with Gasteiger partial charge in [0.1, 0.15) is 0 Å². The fourth-order valence-corrected chi connectivity index (χ4v) is 5.27. The van der Waals surface area contributed by atoms with Crippen molar-refractivity contribution in [2.75, 3.05) is 9.80 Å². The van der Waals surface area contributed by atoms with Gasteiger partial charge in [-0.15, -0.1) is 0 Å². The van der Waals surface area contributed by atoms with Crippen molar-refractivity contribution < 1.29 is 0 Å². The van der Waals surface area contributed by atoms with Crippen molar-refractivity contribution >= 4 is 35.7 Å². The molecule has 0 amide bonds. The van der Waals surface area contributed by atoms with Gasteiger partial charge in [0, 0.05) is 37.6 Å². The lowest BCUT2D eigenvalue weighted by atomic mass is 10.1. The normalized spacial score (nSPS) is 10.5. The number of nitrogens with zero attached hydrogens (tertiary/aromatic N) is 2. The van der Waals surface area contributed by atoms with Gasteiger partial charge in [0.2, 0.25) is 0 Å². The summed E-state index contributed by atoms with van der Waals surface area (Å²) in [5, 5.41) is 0. The van der Waals surface area contributed by atoms with Crippen LogP contribution in [0.3, 0.4) is 0 Å². The molecule has 0 heterocycles. The Kier molecular flexibility index (Phi) is 10.1. The highest BCUT2D eigenvalue weighted by atomic mass is 15.1. The van der Waals surface area contributed by atoms with Crippen LogP contribution in [0.4, 0.5) is 11.4 Å². The molecule has 5 rings (SSSR count). The minimum atomic E-state index is 0.801. The van der Waals surface area contributed by atoms with Gasteiger partial charge in [-0.05, 0) is 68.8 Å². The summed E-state index contributed by atoms with van der Waals surface area (Å²) in [4.78, 5) is 4.87. The van der Waals surface area contributed by atoms with Crippen LogP contribution in [0.25, 0.3) is 24.3 Å². The third-order valence-corrected chi connectivity index (χ3v) is 7.94. The van der Waals surface area contributed by atoms with E-state index in [1.807, 2.05) is 24.3 Å². The molecule has 0 fully saturated rings. The molecule has 0 spiro atoms. The predicted octanol–water partition coefficient (Wildman–Crippen LogP) is 10.7. The number of rotatable bonds is 14. The summed E-state index contributed by atoms with van der Waals surface area (Å²) < 4.78 is 0. The minimum Gasteiger partial charge on any atom is -0.363 e. The van der Waals surface area contributed by atoms with Crippen LogP contribution in [0.5, 0.6) is 0 Å². The second-order valence-electron chi connectivity index (χ2n) is 11.0. The standard InChI is InChI=1S/C42H40N2/c1-5-33-9-17-37(18-10-33)29-43(30-38-19-11-34(6-2)12-20-38)41-25-27-42(28-26-41)44(31-39-21-13-35(7-3)14-22-39)32-40-23-15-36(8-4)16-24-40/h5-28H,1-4,29-32H2. The smallest absolute Gasteiger partial charge is 0.0433 e. The monoisotopic (exact) mass is 572 g/mol. The lowest BCUT2D eigenvalue weighted by molar-refractivity contribution is 0.791. The number of hydrogen-bond donors (Lipinski definition) is 0. The van der Waals surface area contributed by atoms with Crippen molar-refractivity contribution in [2.45, 2.75) is 26.2 Å². The lowest BCUT2D eigenvalue weighted by Gasteiger charge is -2.28. The van der Waals surface area contributed by atoms with Crippen LogP contribution in [0.2, 0.25) is 0 Å². The summed E-state index contributed by atoms with van der Waals surface area (Å²) in [6.07, 6.45) is 7.53. The Morgan fingerprint density at radius 3 is 0.705 bits per heavy atom. The minimum absolute atomic E-state index is 0.801. The van der Waals surface area contributed by atoms with E-state index in [2.05, 4.69) is 157 Å². The molecule has 0 atom stereocenters. The quantitative estimate of drug-likeness (QED) is 0.131. The van der Waals surface area contributed by atoms with Gasteiger partial charge in [-0.1, -0.05) is 148 Å². The van der Waals surface area contributed by atoms with E-state index < -0.39 is 0 Å². The first-order valence-corrected chi connectivity index (χ1v) is 15.0. The zero-order valence-electron chi connectivity index (χ0n) is 25.4. The van der Waals surface area contributed by atoms with Gasteiger partial charge in [-0.3, -0.25) is 0 Å².